The molecule has 3 rings (SSSR count). The first-order chi connectivity index (χ1) is 13.3. The van der Waals surface area contributed by atoms with E-state index in [4.69, 9.17) is 4.74 Å². The molecule has 0 spiro atoms. The molecule has 0 atom stereocenters. The topological polar surface area (TPSA) is 79.0 Å². The molecule has 1 heterocycles. The van der Waals surface area contributed by atoms with Gasteiger partial charge in [-0.05, 0) is 30.3 Å². The predicted octanol–water partition coefficient (Wildman–Crippen LogP) is 2.31. The predicted molar refractivity (Wildman–Crippen MR) is 110 cm³/mol. The number of para-hydroxylation sites is 1. The van der Waals surface area contributed by atoms with Gasteiger partial charge in [0.1, 0.15) is 12.4 Å². The average molecular weight is 404 g/mol. The van der Waals surface area contributed by atoms with E-state index in [2.05, 4.69) is 10.2 Å². The summed E-state index contributed by atoms with van der Waals surface area (Å²) in [4.78, 5) is 13.6. The van der Waals surface area contributed by atoms with Crippen LogP contribution in [0.15, 0.2) is 48.5 Å². The molecule has 1 saturated heterocycles. The van der Waals surface area contributed by atoms with Crippen molar-refractivity contribution in [2.24, 2.45) is 0 Å². The quantitative estimate of drug-likeness (QED) is 0.801. The maximum Gasteiger partial charge on any atom is 0.221 e. The third-order valence-electron chi connectivity index (χ3n) is 4.59. The number of sulfonamides is 1. The molecule has 8 heteroatoms. The largest absolute Gasteiger partial charge is 0.489 e. The maximum atomic E-state index is 11.8. The van der Waals surface area contributed by atoms with Crippen molar-refractivity contribution in [1.82, 2.24) is 4.31 Å². The number of amides is 1. The number of hydrogen-bond acceptors (Lipinski definition) is 5. The van der Waals surface area contributed by atoms with Crippen LogP contribution in [-0.4, -0.2) is 51.1 Å². The minimum Gasteiger partial charge on any atom is -0.489 e. The summed E-state index contributed by atoms with van der Waals surface area (Å²) in [6.45, 7) is 3.92. The second kappa shape index (κ2) is 8.62. The lowest BCUT2D eigenvalue weighted by Crippen LogP contribution is -2.48. The molecule has 1 N–H and O–H groups in total. The second-order valence-electron chi connectivity index (χ2n) is 6.78. The number of carbonyl (C=O) groups excluding carboxylic acids is 1. The van der Waals surface area contributed by atoms with Crippen LogP contribution in [0.5, 0.6) is 5.75 Å². The number of ether oxygens (including phenoxy) is 1. The highest BCUT2D eigenvalue weighted by atomic mass is 32.2. The molecule has 0 unspecified atom stereocenters. The minimum atomic E-state index is -3.17. The van der Waals surface area contributed by atoms with Gasteiger partial charge in [0, 0.05) is 50.0 Å². The molecule has 2 aromatic rings. The second-order valence-corrected chi connectivity index (χ2v) is 8.76. The SMILES string of the molecule is CC(=O)Nc1ccc(N2CCN(S(C)(=O)=O)CC2)c(COc2ccccc2)c1. The van der Waals surface area contributed by atoms with Gasteiger partial charge in [-0.15, -0.1) is 0 Å². The van der Waals surface area contributed by atoms with Crippen LogP contribution in [-0.2, 0) is 21.4 Å². The Hall–Kier alpha value is -2.58. The first-order valence-electron chi connectivity index (χ1n) is 9.11. The third kappa shape index (κ3) is 5.24. The number of benzene rings is 2. The molecule has 150 valence electrons. The van der Waals surface area contributed by atoms with E-state index in [1.807, 2.05) is 48.5 Å². The highest BCUT2D eigenvalue weighted by Gasteiger charge is 2.24. The monoisotopic (exact) mass is 403 g/mol. The molecule has 1 fully saturated rings. The average Bonchev–Trinajstić information content (AvgIpc) is 2.66. The maximum absolute atomic E-state index is 11.8. The van der Waals surface area contributed by atoms with Crippen molar-refractivity contribution in [2.45, 2.75) is 13.5 Å². The van der Waals surface area contributed by atoms with Gasteiger partial charge in [0.05, 0.1) is 6.26 Å². The van der Waals surface area contributed by atoms with Crippen molar-refractivity contribution in [3.05, 3.63) is 54.1 Å². The number of nitrogens with one attached hydrogen (secondary N) is 1. The molecule has 2 aromatic carbocycles. The van der Waals surface area contributed by atoms with E-state index in [1.165, 1.54) is 17.5 Å². The summed E-state index contributed by atoms with van der Waals surface area (Å²) >= 11 is 0. The van der Waals surface area contributed by atoms with Crippen molar-refractivity contribution in [2.75, 3.05) is 42.7 Å². The van der Waals surface area contributed by atoms with E-state index >= 15 is 0 Å². The Morgan fingerprint density at radius 3 is 2.36 bits per heavy atom. The fourth-order valence-electron chi connectivity index (χ4n) is 3.23. The van der Waals surface area contributed by atoms with Gasteiger partial charge < -0.3 is 15.0 Å². The van der Waals surface area contributed by atoms with Gasteiger partial charge in [-0.1, -0.05) is 18.2 Å². The third-order valence-corrected chi connectivity index (χ3v) is 5.89. The number of carbonyl (C=O) groups is 1. The van der Waals surface area contributed by atoms with E-state index in [1.54, 1.807) is 0 Å². The van der Waals surface area contributed by atoms with E-state index in [0.29, 0.717) is 38.5 Å². The van der Waals surface area contributed by atoms with Gasteiger partial charge in [0.15, 0.2) is 0 Å². The molecular formula is C20H25N3O4S. The van der Waals surface area contributed by atoms with Gasteiger partial charge in [0.2, 0.25) is 15.9 Å². The van der Waals surface area contributed by atoms with Crippen LogP contribution in [0.3, 0.4) is 0 Å². The summed E-state index contributed by atoms with van der Waals surface area (Å²) in [6.07, 6.45) is 1.24. The normalized spacial score (nSPS) is 15.3. The highest BCUT2D eigenvalue weighted by molar-refractivity contribution is 7.88. The summed E-state index contributed by atoms with van der Waals surface area (Å²) in [7, 11) is -3.17. The van der Waals surface area contributed by atoms with Gasteiger partial charge in [-0.3, -0.25) is 4.79 Å². The van der Waals surface area contributed by atoms with Crippen LogP contribution in [0, 0.1) is 0 Å². The number of hydrogen-bond donors (Lipinski definition) is 1. The van der Waals surface area contributed by atoms with Crippen molar-refractivity contribution >= 4 is 27.3 Å². The minimum absolute atomic E-state index is 0.135. The Morgan fingerprint density at radius 1 is 1.07 bits per heavy atom. The number of nitrogens with zero attached hydrogens (tertiary/aromatic N) is 2. The highest BCUT2D eigenvalue weighted by Crippen LogP contribution is 2.27. The van der Waals surface area contributed by atoms with Gasteiger partial charge in [0.25, 0.3) is 0 Å². The molecule has 1 amide bonds. The number of anilines is 2. The number of piperazine rings is 1. The van der Waals surface area contributed by atoms with Gasteiger partial charge in [-0.25, -0.2) is 8.42 Å². The summed E-state index contributed by atoms with van der Waals surface area (Å²) in [5, 5.41) is 2.80. The van der Waals surface area contributed by atoms with Crippen LogP contribution < -0.4 is 15.0 Å². The van der Waals surface area contributed by atoms with Gasteiger partial charge >= 0.3 is 0 Å². The van der Waals surface area contributed by atoms with Crippen LogP contribution >= 0.6 is 0 Å². The molecule has 0 bridgehead atoms. The summed E-state index contributed by atoms with van der Waals surface area (Å²) in [5.74, 6) is 0.629. The first-order valence-corrected chi connectivity index (χ1v) is 11.0. The zero-order valence-corrected chi connectivity index (χ0v) is 16.9. The lowest BCUT2D eigenvalue weighted by molar-refractivity contribution is -0.114. The zero-order chi connectivity index (χ0) is 20.1. The molecule has 28 heavy (non-hydrogen) atoms. The Bertz CT molecular complexity index is 924. The Labute approximate surface area is 166 Å². The Morgan fingerprint density at radius 2 is 1.75 bits per heavy atom. The lowest BCUT2D eigenvalue weighted by atomic mass is 10.1. The summed E-state index contributed by atoms with van der Waals surface area (Å²) < 4.78 is 30.9. The van der Waals surface area contributed by atoms with Crippen molar-refractivity contribution < 1.29 is 17.9 Å². The molecular weight excluding hydrogens is 378 g/mol. The molecule has 7 nitrogen and oxygen atoms in total. The smallest absolute Gasteiger partial charge is 0.221 e. The molecule has 1 aliphatic heterocycles. The van der Waals surface area contributed by atoms with Crippen molar-refractivity contribution in [3.63, 3.8) is 0 Å². The van der Waals surface area contributed by atoms with Crippen LogP contribution in [0.25, 0.3) is 0 Å². The van der Waals surface area contributed by atoms with Crippen molar-refractivity contribution in [1.29, 1.82) is 0 Å². The molecule has 0 radical (unpaired) electrons. The fraction of sp³-hybridized carbons (Fsp3) is 0.350. The first kappa shape index (κ1) is 20.2. The summed E-state index contributed by atoms with van der Waals surface area (Å²) in [5.41, 5.74) is 2.62. The van der Waals surface area contributed by atoms with Crippen LogP contribution in [0.2, 0.25) is 0 Å². The van der Waals surface area contributed by atoms with Crippen LogP contribution in [0.4, 0.5) is 11.4 Å². The van der Waals surface area contributed by atoms with Crippen LogP contribution in [0.1, 0.15) is 12.5 Å². The number of rotatable bonds is 6. The Kier molecular flexibility index (Phi) is 6.21. The van der Waals surface area contributed by atoms with E-state index < -0.39 is 10.0 Å². The fourth-order valence-corrected chi connectivity index (χ4v) is 4.06. The van der Waals surface area contributed by atoms with E-state index in [9.17, 15) is 13.2 Å². The van der Waals surface area contributed by atoms with E-state index in [0.717, 1.165) is 17.0 Å². The summed E-state index contributed by atoms with van der Waals surface area (Å²) in [6, 6.07) is 15.2. The molecule has 0 aliphatic carbocycles. The Balaban J connectivity index is 1.80. The lowest BCUT2D eigenvalue weighted by Gasteiger charge is -2.35. The van der Waals surface area contributed by atoms with Gasteiger partial charge in [-0.2, -0.15) is 4.31 Å². The van der Waals surface area contributed by atoms with Crippen molar-refractivity contribution in [3.8, 4) is 5.75 Å². The molecule has 0 saturated carbocycles. The molecule has 0 aromatic heterocycles. The standard InChI is InChI=1S/C20H25N3O4S/c1-16(24)21-18-8-9-20(22-10-12-23(13-11-22)28(2,25)26)17(14-18)15-27-19-6-4-3-5-7-19/h3-9,14H,10-13,15H2,1-2H3,(H,21,24). The van der Waals surface area contributed by atoms with E-state index in [-0.39, 0.29) is 5.91 Å². The molecule has 1 aliphatic rings. The zero-order valence-electron chi connectivity index (χ0n) is 16.1.